The van der Waals surface area contributed by atoms with E-state index in [2.05, 4.69) is 0 Å². The van der Waals surface area contributed by atoms with Crippen molar-refractivity contribution in [3.05, 3.63) is 59.7 Å². The van der Waals surface area contributed by atoms with Gasteiger partial charge in [0.05, 0.1) is 23.4 Å². The molecule has 1 atom stereocenters. The van der Waals surface area contributed by atoms with E-state index in [1.54, 1.807) is 55.5 Å². The third-order valence-electron chi connectivity index (χ3n) is 4.09. The Labute approximate surface area is 157 Å². The lowest BCUT2D eigenvalue weighted by Gasteiger charge is -2.17. The molecular weight excluding hydrogens is 346 g/mol. The van der Waals surface area contributed by atoms with Crippen molar-refractivity contribution in [1.82, 2.24) is 0 Å². The molecule has 0 unspecified atom stereocenters. The van der Waals surface area contributed by atoms with Gasteiger partial charge in [0.15, 0.2) is 6.10 Å². The Morgan fingerprint density at radius 3 is 2.00 bits per heavy atom. The normalized spacial score (nSPS) is 14.3. The first kappa shape index (κ1) is 18.6. The molecule has 2 aromatic carbocycles. The largest absolute Gasteiger partial charge is 0.479 e. The quantitative estimate of drug-likeness (QED) is 0.577. The number of anilines is 1. The highest BCUT2D eigenvalue weighted by Gasteiger charge is 2.36. The molecule has 27 heavy (non-hydrogen) atoms. The third-order valence-corrected chi connectivity index (χ3v) is 4.09. The number of amides is 2. The van der Waals surface area contributed by atoms with Gasteiger partial charge in [-0.05, 0) is 49.2 Å². The van der Waals surface area contributed by atoms with Crippen molar-refractivity contribution in [1.29, 1.82) is 0 Å². The number of ether oxygens (including phenoxy) is 2. The maximum atomic E-state index is 12.5. The molecule has 0 bridgehead atoms. The Bertz CT molecular complexity index is 837. The third kappa shape index (κ3) is 3.84. The Morgan fingerprint density at radius 2 is 1.48 bits per heavy atom. The van der Waals surface area contributed by atoms with E-state index < -0.39 is 12.1 Å². The summed E-state index contributed by atoms with van der Waals surface area (Å²) in [7, 11) is 0. The minimum atomic E-state index is -0.756. The zero-order chi connectivity index (χ0) is 19.6. The number of carbonyl (C=O) groups excluding carboxylic acids is 3. The molecule has 0 aromatic heterocycles. The molecule has 0 radical (unpaired) electrons. The topological polar surface area (TPSA) is 72.9 Å². The molecular formula is C21H21NO5. The lowest BCUT2D eigenvalue weighted by atomic mass is 10.1. The summed E-state index contributed by atoms with van der Waals surface area (Å²) in [5.74, 6) is -0.442. The standard InChI is InChI=1S/C21H21NO5/c1-13(2)12-26-21(25)14(3)27-16-10-8-15(9-11-16)22-19(23)17-6-4-5-7-18(17)20(22)24/h4-11,13-14H,12H2,1-3H3/t14-/m1/s1. The van der Waals surface area contributed by atoms with Gasteiger partial charge in [0, 0.05) is 0 Å². The van der Waals surface area contributed by atoms with E-state index in [0.717, 1.165) is 4.90 Å². The fraction of sp³-hybridized carbons (Fsp3) is 0.286. The number of rotatable bonds is 6. The molecule has 2 aromatic rings. The van der Waals surface area contributed by atoms with E-state index in [1.807, 2.05) is 13.8 Å². The molecule has 140 valence electrons. The fourth-order valence-corrected chi connectivity index (χ4v) is 2.72. The van der Waals surface area contributed by atoms with Gasteiger partial charge in [0.2, 0.25) is 0 Å². The average Bonchev–Trinajstić information content (AvgIpc) is 2.91. The zero-order valence-corrected chi connectivity index (χ0v) is 15.5. The van der Waals surface area contributed by atoms with Crippen LogP contribution in [0.15, 0.2) is 48.5 Å². The van der Waals surface area contributed by atoms with Crippen LogP contribution < -0.4 is 9.64 Å². The minimum absolute atomic E-state index is 0.250. The molecule has 1 aliphatic rings. The molecule has 0 fully saturated rings. The van der Waals surface area contributed by atoms with Crippen LogP contribution in [-0.2, 0) is 9.53 Å². The summed E-state index contributed by atoms with van der Waals surface area (Å²) in [5, 5.41) is 0. The second kappa shape index (κ2) is 7.61. The molecule has 6 heteroatoms. The first-order chi connectivity index (χ1) is 12.9. The average molecular weight is 367 g/mol. The lowest BCUT2D eigenvalue weighted by Crippen LogP contribution is -2.29. The van der Waals surface area contributed by atoms with Crippen LogP contribution in [-0.4, -0.2) is 30.5 Å². The number of hydrogen-bond acceptors (Lipinski definition) is 5. The van der Waals surface area contributed by atoms with E-state index in [9.17, 15) is 14.4 Å². The van der Waals surface area contributed by atoms with Gasteiger partial charge in [-0.3, -0.25) is 9.59 Å². The van der Waals surface area contributed by atoms with Gasteiger partial charge in [-0.15, -0.1) is 0 Å². The lowest BCUT2D eigenvalue weighted by molar-refractivity contribution is -0.152. The van der Waals surface area contributed by atoms with Crippen LogP contribution in [0.4, 0.5) is 5.69 Å². The zero-order valence-electron chi connectivity index (χ0n) is 15.5. The van der Waals surface area contributed by atoms with Crippen molar-refractivity contribution in [3.63, 3.8) is 0 Å². The molecule has 6 nitrogen and oxygen atoms in total. The molecule has 0 saturated carbocycles. The number of benzene rings is 2. The van der Waals surface area contributed by atoms with Crippen molar-refractivity contribution in [2.75, 3.05) is 11.5 Å². The van der Waals surface area contributed by atoms with Crippen LogP contribution in [0, 0.1) is 5.92 Å². The van der Waals surface area contributed by atoms with Crippen molar-refractivity contribution in [2.45, 2.75) is 26.9 Å². The number of hydrogen-bond donors (Lipinski definition) is 0. The summed E-state index contributed by atoms with van der Waals surface area (Å²) in [6, 6.07) is 13.2. The monoisotopic (exact) mass is 367 g/mol. The van der Waals surface area contributed by atoms with Crippen LogP contribution in [0.25, 0.3) is 0 Å². The molecule has 1 aliphatic heterocycles. The summed E-state index contributed by atoms with van der Waals surface area (Å²) in [4.78, 5) is 38.0. The predicted molar refractivity (Wildman–Crippen MR) is 99.9 cm³/mol. The van der Waals surface area contributed by atoms with Gasteiger partial charge in [-0.2, -0.15) is 0 Å². The minimum Gasteiger partial charge on any atom is -0.479 e. The SMILES string of the molecule is CC(C)COC(=O)[C@@H](C)Oc1ccc(N2C(=O)c3ccccc3C2=O)cc1. The molecule has 0 aliphatic carbocycles. The van der Waals surface area contributed by atoms with Gasteiger partial charge >= 0.3 is 5.97 Å². The summed E-state index contributed by atoms with van der Waals surface area (Å²) >= 11 is 0. The van der Waals surface area contributed by atoms with Gasteiger partial charge in [0.25, 0.3) is 11.8 Å². The second-order valence-electron chi connectivity index (χ2n) is 6.77. The van der Waals surface area contributed by atoms with E-state index in [4.69, 9.17) is 9.47 Å². The molecule has 0 saturated heterocycles. The number of fused-ring (bicyclic) bond motifs is 1. The van der Waals surface area contributed by atoms with Crippen molar-refractivity contribution < 1.29 is 23.9 Å². The van der Waals surface area contributed by atoms with Crippen LogP contribution in [0.2, 0.25) is 0 Å². The number of nitrogens with zero attached hydrogens (tertiary/aromatic N) is 1. The van der Waals surface area contributed by atoms with Crippen molar-refractivity contribution >= 4 is 23.5 Å². The first-order valence-electron chi connectivity index (χ1n) is 8.79. The van der Waals surface area contributed by atoms with Crippen LogP contribution in [0.5, 0.6) is 5.75 Å². The predicted octanol–water partition coefficient (Wildman–Crippen LogP) is 3.45. The van der Waals surface area contributed by atoms with Crippen molar-refractivity contribution in [3.8, 4) is 5.75 Å². The fourth-order valence-electron chi connectivity index (χ4n) is 2.72. The Kier molecular flexibility index (Phi) is 5.26. The van der Waals surface area contributed by atoms with E-state index in [1.165, 1.54) is 0 Å². The number of imide groups is 1. The molecule has 3 rings (SSSR count). The highest BCUT2D eigenvalue weighted by atomic mass is 16.6. The highest BCUT2D eigenvalue weighted by molar-refractivity contribution is 6.34. The van der Waals surface area contributed by atoms with Gasteiger partial charge in [-0.1, -0.05) is 26.0 Å². The number of carbonyl (C=O) groups is 3. The van der Waals surface area contributed by atoms with E-state index >= 15 is 0 Å². The smallest absolute Gasteiger partial charge is 0.347 e. The van der Waals surface area contributed by atoms with Gasteiger partial charge in [-0.25, -0.2) is 9.69 Å². The number of esters is 1. The molecule has 0 spiro atoms. The second-order valence-corrected chi connectivity index (χ2v) is 6.77. The Hall–Kier alpha value is -3.15. The summed E-state index contributed by atoms with van der Waals surface area (Å²) in [6.45, 7) is 5.86. The van der Waals surface area contributed by atoms with Gasteiger partial charge < -0.3 is 9.47 Å². The van der Waals surface area contributed by atoms with Crippen LogP contribution in [0.1, 0.15) is 41.5 Å². The Morgan fingerprint density at radius 1 is 0.926 bits per heavy atom. The van der Waals surface area contributed by atoms with Crippen LogP contribution in [0.3, 0.4) is 0 Å². The molecule has 1 heterocycles. The van der Waals surface area contributed by atoms with Crippen molar-refractivity contribution in [2.24, 2.45) is 5.92 Å². The van der Waals surface area contributed by atoms with Crippen LogP contribution >= 0.6 is 0 Å². The molecule has 0 N–H and O–H groups in total. The summed E-state index contributed by atoms with van der Waals surface area (Å²) < 4.78 is 10.7. The molecule has 2 amide bonds. The maximum absolute atomic E-state index is 12.5. The summed E-state index contributed by atoms with van der Waals surface area (Å²) in [5.41, 5.74) is 1.23. The highest BCUT2D eigenvalue weighted by Crippen LogP contribution is 2.29. The first-order valence-corrected chi connectivity index (χ1v) is 8.79. The van der Waals surface area contributed by atoms with E-state index in [0.29, 0.717) is 29.2 Å². The van der Waals surface area contributed by atoms with E-state index in [-0.39, 0.29) is 17.7 Å². The van der Waals surface area contributed by atoms with Gasteiger partial charge in [0.1, 0.15) is 5.75 Å². The summed E-state index contributed by atoms with van der Waals surface area (Å²) in [6.07, 6.45) is -0.756. The Balaban J connectivity index is 1.69. The maximum Gasteiger partial charge on any atom is 0.347 e.